The number of rotatable bonds is 4. The molecular formula is C15H17N3O3. The Labute approximate surface area is 122 Å². The van der Waals surface area contributed by atoms with Crippen LogP contribution in [0.4, 0.5) is 0 Å². The van der Waals surface area contributed by atoms with Gasteiger partial charge in [-0.1, -0.05) is 12.1 Å². The van der Waals surface area contributed by atoms with Gasteiger partial charge in [-0.3, -0.25) is 0 Å². The van der Waals surface area contributed by atoms with Crippen LogP contribution in [0.5, 0.6) is 17.5 Å². The fourth-order valence-electron chi connectivity index (χ4n) is 2.39. The summed E-state index contributed by atoms with van der Waals surface area (Å²) < 4.78 is 15.8. The Kier molecular flexibility index (Phi) is 3.62. The molecule has 0 bridgehead atoms. The average molecular weight is 287 g/mol. The van der Waals surface area contributed by atoms with Crippen molar-refractivity contribution < 1.29 is 14.2 Å². The predicted octanol–water partition coefficient (Wildman–Crippen LogP) is 1.48. The molecule has 6 heteroatoms. The van der Waals surface area contributed by atoms with Crippen LogP contribution in [0.15, 0.2) is 24.4 Å². The van der Waals surface area contributed by atoms with Crippen LogP contribution in [0.2, 0.25) is 0 Å². The molecule has 0 saturated heterocycles. The van der Waals surface area contributed by atoms with Crippen LogP contribution in [0.25, 0.3) is 0 Å². The molecule has 3 rings (SSSR count). The average Bonchev–Trinajstić information content (AvgIpc) is 3.01. The summed E-state index contributed by atoms with van der Waals surface area (Å²) in [5, 5.41) is 0. The van der Waals surface area contributed by atoms with Crippen molar-refractivity contribution in [2.75, 3.05) is 20.8 Å². The predicted molar refractivity (Wildman–Crippen MR) is 76.8 cm³/mol. The van der Waals surface area contributed by atoms with Crippen LogP contribution in [0.3, 0.4) is 0 Å². The van der Waals surface area contributed by atoms with E-state index in [2.05, 4.69) is 16.0 Å². The number of hydrogen-bond donors (Lipinski definition) is 1. The molecule has 21 heavy (non-hydrogen) atoms. The topological polar surface area (TPSA) is 79.5 Å². The van der Waals surface area contributed by atoms with E-state index >= 15 is 0 Å². The van der Waals surface area contributed by atoms with Gasteiger partial charge in [-0.05, 0) is 17.2 Å². The van der Waals surface area contributed by atoms with Gasteiger partial charge in [0.05, 0.1) is 33.1 Å². The van der Waals surface area contributed by atoms with E-state index in [-0.39, 0.29) is 0 Å². The molecule has 0 spiro atoms. The van der Waals surface area contributed by atoms with Crippen molar-refractivity contribution in [2.24, 2.45) is 5.73 Å². The van der Waals surface area contributed by atoms with E-state index in [1.807, 2.05) is 12.1 Å². The highest BCUT2D eigenvalue weighted by molar-refractivity contribution is 5.43. The maximum atomic E-state index is 6.31. The fourth-order valence-corrected chi connectivity index (χ4v) is 2.39. The Morgan fingerprint density at radius 3 is 2.90 bits per heavy atom. The zero-order valence-corrected chi connectivity index (χ0v) is 12.0. The number of nitrogens with two attached hydrogens (primary N) is 1. The molecule has 2 aromatic rings. The Hall–Kier alpha value is -2.34. The highest BCUT2D eigenvalue weighted by Crippen LogP contribution is 2.31. The first-order valence-electron chi connectivity index (χ1n) is 6.69. The molecule has 2 N–H and O–H groups in total. The molecule has 1 aromatic heterocycles. The van der Waals surface area contributed by atoms with Gasteiger partial charge >= 0.3 is 0 Å². The summed E-state index contributed by atoms with van der Waals surface area (Å²) in [5.41, 5.74) is 9.02. The van der Waals surface area contributed by atoms with Crippen molar-refractivity contribution in [1.82, 2.24) is 9.97 Å². The number of fused-ring (bicyclic) bond motifs is 1. The Bertz CT molecular complexity index is 661. The summed E-state index contributed by atoms with van der Waals surface area (Å²) in [5.74, 6) is 1.70. The maximum Gasteiger partial charge on any atom is 0.240 e. The summed E-state index contributed by atoms with van der Waals surface area (Å²) in [6.45, 7) is 0.722. The lowest BCUT2D eigenvalue weighted by molar-refractivity contribution is 0.355. The smallest absolute Gasteiger partial charge is 0.240 e. The summed E-state index contributed by atoms with van der Waals surface area (Å²) in [7, 11) is 3.07. The molecule has 1 aromatic carbocycles. The van der Waals surface area contributed by atoms with Crippen molar-refractivity contribution >= 4 is 0 Å². The molecule has 0 radical (unpaired) electrons. The quantitative estimate of drug-likeness (QED) is 0.917. The van der Waals surface area contributed by atoms with Gasteiger partial charge in [0.25, 0.3) is 0 Å². The van der Waals surface area contributed by atoms with Crippen molar-refractivity contribution in [3.05, 3.63) is 41.2 Å². The monoisotopic (exact) mass is 287 g/mol. The third kappa shape index (κ3) is 2.50. The lowest BCUT2D eigenvalue weighted by atomic mass is 10.0. The van der Waals surface area contributed by atoms with Crippen molar-refractivity contribution in [3.8, 4) is 17.5 Å². The highest BCUT2D eigenvalue weighted by Gasteiger charge is 2.20. The summed E-state index contributed by atoms with van der Waals surface area (Å²) in [6, 6.07) is 5.53. The Morgan fingerprint density at radius 1 is 1.29 bits per heavy atom. The second kappa shape index (κ2) is 5.57. The van der Waals surface area contributed by atoms with E-state index < -0.39 is 6.04 Å². The van der Waals surface area contributed by atoms with Gasteiger partial charge in [-0.2, -0.15) is 4.98 Å². The summed E-state index contributed by atoms with van der Waals surface area (Å²) in [4.78, 5) is 8.54. The van der Waals surface area contributed by atoms with Crippen LogP contribution in [0.1, 0.15) is 22.9 Å². The zero-order chi connectivity index (χ0) is 14.8. The van der Waals surface area contributed by atoms with Gasteiger partial charge in [-0.15, -0.1) is 0 Å². The molecule has 0 aliphatic carbocycles. The fraction of sp³-hybridized carbons (Fsp3) is 0.333. The van der Waals surface area contributed by atoms with Crippen LogP contribution in [0, 0.1) is 0 Å². The molecule has 6 nitrogen and oxygen atoms in total. The van der Waals surface area contributed by atoms with E-state index in [1.54, 1.807) is 0 Å². The molecule has 1 unspecified atom stereocenters. The molecule has 1 aliphatic rings. The zero-order valence-electron chi connectivity index (χ0n) is 12.0. The van der Waals surface area contributed by atoms with Crippen LogP contribution < -0.4 is 19.9 Å². The first-order chi connectivity index (χ1) is 10.2. The first-order valence-corrected chi connectivity index (χ1v) is 6.69. The number of ether oxygens (including phenoxy) is 3. The van der Waals surface area contributed by atoms with E-state index in [9.17, 15) is 0 Å². The maximum absolute atomic E-state index is 6.31. The number of nitrogens with zero attached hydrogens (tertiary/aromatic N) is 2. The second-order valence-electron chi connectivity index (χ2n) is 4.75. The number of hydrogen-bond acceptors (Lipinski definition) is 6. The van der Waals surface area contributed by atoms with E-state index in [0.717, 1.165) is 24.3 Å². The van der Waals surface area contributed by atoms with Gasteiger partial charge in [-0.25, -0.2) is 4.98 Å². The molecule has 2 heterocycles. The SMILES string of the molecule is COc1cnc(C(N)c2ccc3c(c2)CCO3)c(OC)n1. The van der Waals surface area contributed by atoms with Crippen LogP contribution >= 0.6 is 0 Å². The van der Waals surface area contributed by atoms with Gasteiger partial charge in [0.2, 0.25) is 11.8 Å². The molecule has 0 saturated carbocycles. The third-order valence-corrected chi connectivity index (χ3v) is 3.51. The minimum absolute atomic E-state index is 0.374. The van der Waals surface area contributed by atoms with Gasteiger partial charge in [0, 0.05) is 6.42 Å². The van der Waals surface area contributed by atoms with Gasteiger partial charge in [0.1, 0.15) is 11.4 Å². The number of methoxy groups -OCH3 is 2. The Balaban J connectivity index is 1.96. The highest BCUT2D eigenvalue weighted by atomic mass is 16.5. The van der Waals surface area contributed by atoms with E-state index in [4.69, 9.17) is 19.9 Å². The van der Waals surface area contributed by atoms with Crippen molar-refractivity contribution in [2.45, 2.75) is 12.5 Å². The number of benzene rings is 1. The lowest BCUT2D eigenvalue weighted by Gasteiger charge is -2.15. The molecular weight excluding hydrogens is 270 g/mol. The molecule has 0 amide bonds. The minimum atomic E-state index is -0.413. The normalized spacial score (nSPS) is 14.2. The van der Waals surface area contributed by atoms with Crippen molar-refractivity contribution in [3.63, 3.8) is 0 Å². The standard InChI is InChI=1S/C15H17N3O3/c1-19-12-8-17-14(15(18-12)20-2)13(16)10-3-4-11-9(7-10)5-6-21-11/h3-4,7-8,13H,5-6,16H2,1-2H3. The third-order valence-electron chi connectivity index (χ3n) is 3.51. The Morgan fingerprint density at radius 2 is 2.14 bits per heavy atom. The largest absolute Gasteiger partial charge is 0.493 e. The van der Waals surface area contributed by atoms with E-state index in [0.29, 0.717) is 17.5 Å². The second-order valence-corrected chi connectivity index (χ2v) is 4.75. The molecule has 110 valence electrons. The van der Waals surface area contributed by atoms with Crippen molar-refractivity contribution in [1.29, 1.82) is 0 Å². The summed E-state index contributed by atoms with van der Waals surface area (Å²) in [6.07, 6.45) is 2.44. The van der Waals surface area contributed by atoms with E-state index in [1.165, 1.54) is 26.0 Å². The van der Waals surface area contributed by atoms with Gasteiger partial charge in [0.15, 0.2) is 0 Å². The van der Waals surface area contributed by atoms with Crippen LogP contribution in [-0.4, -0.2) is 30.8 Å². The van der Waals surface area contributed by atoms with Gasteiger partial charge < -0.3 is 19.9 Å². The first kappa shape index (κ1) is 13.6. The molecule has 1 atom stereocenters. The summed E-state index contributed by atoms with van der Waals surface area (Å²) >= 11 is 0. The van der Waals surface area contributed by atoms with Crippen LogP contribution in [-0.2, 0) is 6.42 Å². The molecule has 1 aliphatic heterocycles. The minimum Gasteiger partial charge on any atom is -0.493 e. The molecule has 0 fully saturated rings. The lowest BCUT2D eigenvalue weighted by Crippen LogP contribution is -2.16. The number of aromatic nitrogens is 2.